The fourth-order valence-electron chi connectivity index (χ4n) is 1.81. The maximum atomic E-state index is 12.3. The Kier molecular flexibility index (Phi) is 5.14. The van der Waals surface area contributed by atoms with Crippen molar-refractivity contribution >= 4 is 23.2 Å². The van der Waals surface area contributed by atoms with E-state index in [-0.39, 0.29) is 12.5 Å². The fourth-order valence-corrected chi connectivity index (χ4v) is 1.98. The van der Waals surface area contributed by atoms with Gasteiger partial charge in [-0.25, -0.2) is 0 Å². The topological polar surface area (TPSA) is 77.2 Å². The standard InChI is InChI=1S/C15H16ClN3O2/c1-2-21-14-4-3-11(16)8-13(14)19-15(20)10-5-6-18-12(7-10)9-17/h3-8H,2,9,17H2,1H3,(H,19,20). The molecule has 0 aliphatic carbocycles. The van der Waals surface area contributed by atoms with Crippen LogP contribution in [0.2, 0.25) is 5.02 Å². The minimum atomic E-state index is -0.268. The average molecular weight is 306 g/mol. The molecule has 0 bridgehead atoms. The molecule has 0 aliphatic heterocycles. The molecular formula is C15H16ClN3O2. The maximum absolute atomic E-state index is 12.3. The van der Waals surface area contributed by atoms with Crippen LogP contribution in [0, 0.1) is 0 Å². The van der Waals surface area contributed by atoms with E-state index < -0.39 is 0 Å². The number of hydrogen-bond acceptors (Lipinski definition) is 4. The maximum Gasteiger partial charge on any atom is 0.255 e. The number of anilines is 1. The molecule has 0 aliphatic rings. The zero-order valence-electron chi connectivity index (χ0n) is 11.6. The van der Waals surface area contributed by atoms with Gasteiger partial charge in [0.15, 0.2) is 0 Å². The molecule has 0 spiro atoms. The highest BCUT2D eigenvalue weighted by Gasteiger charge is 2.11. The molecular weight excluding hydrogens is 290 g/mol. The lowest BCUT2D eigenvalue weighted by Gasteiger charge is -2.12. The Hall–Kier alpha value is -2.11. The van der Waals surface area contributed by atoms with Crippen LogP contribution in [0.4, 0.5) is 5.69 Å². The molecule has 6 heteroatoms. The quantitative estimate of drug-likeness (QED) is 0.890. The first-order valence-corrected chi connectivity index (χ1v) is 6.90. The van der Waals surface area contributed by atoms with Gasteiger partial charge in [0.1, 0.15) is 5.75 Å². The number of pyridine rings is 1. The third-order valence-corrected chi connectivity index (χ3v) is 3.01. The van der Waals surface area contributed by atoms with E-state index in [1.807, 2.05) is 6.92 Å². The molecule has 21 heavy (non-hydrogen) atoms. The summed E-state index contributed by atoms with van der Waals surface area (Å²) < 4.78 is 5.47. The van der Waals surface area contributed by atoms with Gasteiger partial charge in [0.2, 0.25) is 0 Å². The predicted octanol–water partition coefficient (Wildman–Crippen LogP) is 2.84. The highest BCUT2D eigenvalue weighted by Crippen LogP contribution is 2.28. The van der Waals surface area contributed by atoms with Crippen molar-refractivity contribution in [3.05, 3.63) is 52.8 Å². The number of nitrogens with zero attached hydrogens (tertiary/aromatic N) is 1. The number of amides is 1. The molecule has 0 radical (unpaired) electrons. The summed E-state index contributed by atoms with van der Waals surface area (Å²) in [4.78, 5) is 16.3. The Labute approximate surface area is 128 Å². The first-order chi connectivity index (χ1) is 10.1. The number of aromatic nitrogens is 1. The summed E-state index contributed by atoms with van der Waals surface area (Å²) in [6, 6.07) is 8.36. The Bertz CT molecular complexity index is 647. The number of carbonyl (C=O) groups is 1. The van der Waals surface area contributed by atoms with Gasteiger partial charge in [-0.1, -0.05) is 11.6 Å². The van der Waals surface area contributed by atoms with E-state index in [1.165, 1.54) is 0 Å². The van der Waals surface area contributed by atoms with Gasteiger partial charge < -0.3 is 15.8 Å². The summed E-state index contributed by atoms with van der Waals surface area (Å²) >= 11 is 5.96. The summed E-state index contributed by atoms with van der Waals surface area (Å²) in [6.45, 7) is 2.65. The van der Waals surface area contributed by atoms with E-state index in [2.05, 4.69) is 10.3 Å². The summed E-state index contributed by atoms with van der Waals surface area (Å²) in [7, 11) is 0. The van der Waals surface area contributed by atoms with Crippen molar-refractivity contribution in [2.24, 2.45) is 5.73 Å². The van der Waals surface area contributed by atoms with Gasteiger partial charge in [-0.05, 0) is 37.3 Å². The average Bonchev–Trinajstić information content (AvgIpc) is 2.50. The van der Waals surface area contributed by atoms with E-state index in [0.29, 0.717) is 34.3 Å². The number of carbonyl (C=O) groups excluding carboxylic acids is 1. The zero-order valence-corrected chi connectivity index (χ0v) is 12.4. The lowest BCUT2D eigenvalue weighted by atomic mass is 10.2. The molecule has 0 saturated heterocycles. The molecule has 1 aromatic heterocycles. The van der Waals surface area contributed by atoms with Crippen LogP contribution in [0.5, 0.6) is 5.75 Å². The third kappa shape index (κ3) is 3.93. The minimum Gasteiger partial charge on any atom is -0.492 e. The second-order valence-electron chi connectivity index (χ2n) is 4.27. The lowest BCUT2D eigenvalue weighted by Crippen LogP contribution is -2.14. The molecule has 0 unspecified atom stereocenters. The SMILES string of the molecule is CCOc1ccc(Cl)cc1NC(=O)c1ccnc(CN)c1. The van der Waals surface area contributed by atoms with Gasteiger partial charge in [0.25, 0.3) is 5.91 Å². The second-order valence-corrected chi connectivity index (χ2v) is 4.70. The van der Waals surface area contributed by atoms with Crippen LogP contribution in [0.15, 0.2) is 36.5 Å². The first-order valence-electron chi connectivity index (χ1n) is 6.52. The Morgan fingerprint density at radius 2 is 2.19 bits per heavy atom. The van der Waals surface area contributed by atoms with Crippen molar-refractivity contribution in [3.63, 3.8) is 0 Å². The Balaban J connectivity index is 2.24. The van der Waals surface area contributed by atoms with Crippen molar-refractivity contribution in [1.82, 2.24) is 4.98 Å². The van der Waals surface area contributed by atoms with Crippen LogP contribution in [0.1, 0.15) is 23.0 Å². The van der Waals surface area contributed by atoms with Crippen molar-refractivity contribution < 1.29 is 9.53 Å². The molecule has 1 heterocycles. The van der Waals surface area contributed by atoms with Crippen LogP contribution in [-0.4, -0.2) is 17.5 Å². The molecule has 2 rings (SSSR count). The van der Waals surface area contributed by atoms with Gasteiger partial charge >= 0.3 is 0 Å². The van der Waals surface area contributed by atoms with Crippen LogP contribution in [0.25, 0.3) is 0 Å². The molecule has 0 fully saturated rings. The number of benzene rings is 1. The summed E-state index contributed by atoms with van der Waals surface area (Å²) in [6.07, 6.45) is 1.55. The molecule has 1 amide bonds. The van der Waals surface area contributed by atoms with Gasteiger partial charge in [0.05, 0.1) is 18.0 Å². The van der Waals surface area contributed by atoms with Crippen molar-refractivity contribution in [2.75, 3.05) is 11.9 Å². The monoisotopic (exact) mass is 305 g/mol. The van der Waals surface area contributed by atoms with Crippen molar-refractivity contribution in [2.45, 2.75) is 13.5 Å². The molecule has 1 aromatic carbocycles. The number of nitrogens with two attached hydrogens (primary N) is 1. The highest BCUT2D eigenvalue weighted by molar-refractivity contribution is 6.31. The van der Waals surface area contributed by atoms with E-state index >= 15 is 0 Å². The number of nitrogens with one attached hydrogen (secondary N) is 1. The first kappa shape index (κ1) is 15.3. The number of halogens is 1. The summed E-state index contributed by atoms with van der Waals surface area (Å²) in [5.74, 6) is 0.304. The normalized spacial score (nSPS) is 10.2. The molecule has 0 atom stereocenters. The Morgan fingerprint density at radius 1 is 1.38 bits per heavy atom. The van der Waals surface area contributed by atoms with Crippen LogP contribution in [-0.2, 0) is 6.54 Å². The summed E-state index contributed by atoms with van der Waals surface area (Å²) in [5, 5.41) is 3.31. The molecule has 110 valence electrons. The van der Waals surface area contributed by atoms with Gasteiger partial charge in [-0.15, -0.1) is 0 Å². The zero-order chi connectivity index (χ0) is 15.2. The van der Waals surface area contributed by atoms with Gasteiger partial charge in [0, 0.05) is 23.3 Å². The molecule has 5 nitrogen and oxygen atoms in total. The van der Waals surface area contributed by atoms with E-state index in [4.69, 9.17) is 22.1 Å². The van der Waals surface area contributed by atoms with Crippen LogP contribution in [0.3, 0.4) is 0 Å². The largest absolute Gasteiger partial charge is 0.492 e. The number of hydrogen-bond donors (Lipinski definition) is 2. The summed E-state index contributed by atoms with van der Waals surface area (Å²) in [5.41, 5.74) is 7.18. The van der Waals surface area contributed by atoms with Crippen molar-refractivity contribution in [3.8, 4) is 5.75 Å². The molecule has 0 saturated carbocycles. The smallest absolute Gasteiger partial charge is 0.255 e. The number of ether oxygens (including phenoxy) is 1. The molecule has 3 N–H and O–H groups in total. The van der Waals surface area contributed by atoms with Crippen LogP contribution >= 0.6 is 11.6 Å². The van der Waals surface area contributed by atoms with Gasteiger partial charge in [-0.2, -0.15) is 0 Å². The highest BCUT2D eigenvalue weighted by atomic mass is 35.5. The Morgan fingerprint density at radius 3 is 2.90 bits per heavy atom. The van der Waals surface area contributed by atoms with E-state index in [9.17, 15) is 4.79 Å². The second kappa shape index (κ2) is 7.06. The fraction of sp³-hybridized carbons (Fsp3) is 0.200. The third-order valence-electron chi connectivity index (χ3n) is 2.78. The number of rotatable bonds is 5. The molecule has 2 aromatic rings. The van der Waals surface area contributed by atoms with Crippen molar-refractivity contribution in [1.29, 1.82) is 0 Å². The van der Waals surface area contributed by atoms with E-state index in [0.717, 1.165) is 0 Å². The van der Waals surface area contributed by atoms with E-state index in [1.54, 1.807) is 36.5 Å². The minimum absolute atomic E-state index is 0.268. The van der Waals surface area contributed by atoms with Crippen LogP contribution < -0.4 is 15.8 Å². The predicted molar refractivity (Wildman–Crippen MR) is 82.7 cm³/mol. The van der Waals surface area contributed by atoms with Gasteiger partial charge in [-0.3, -0.25) is 9.78 Å². The lowest BCUT2D eigenvalue weighted by molar-refractivity contribution is 0.102.